The lowest BCUT2D eigenvalue weighted by atomic mass is 10.1. The molecule has 0 atom stereocenters. The molecule has 0 spiro atoms. The van der Waals surface area contributed by atoms with E-state index >= 15 is 0 Å². The zero-order chi connectivity index (χ0) is 15.0. The highest BCUT2D eigenvalue weighted by Gasteiger charge is 2.05. The number of nitrogens with zero attached hydrogens (tertiary/aromatic N) is 1. The van der Waals surface area contributed by atoms with Gasteiger partial charge in [-0.1, -0.05) is 32.6 Å². The number of carbonyl (C=O) groups is 1. The number of amides is 1. The number of carbonyl (C=O) groups excluding carboxylic acids is 1. The van der Waals surface area contributed by atoms with Crippen molar-refractivity contribution in [3.8, 4) is 0 Å². The molecular formula is C17H26N2O. The normalized spacial score (nSPS) is 10.6. The van der Waals surface area contributed by atoms with E-state index in [0.29, 0.717) is 5.57 Å². The van der Waals surface area contributed by atoms with Crippen molar-refractivity contribution in [3.63, 3.8) is 0 Å². The molecular weight excluding hydrogens is 248 g/mol. The van der Waals surface area contributed by atoms with Gasteiger partial charge in [0.15, 0.2) is 0 Å². The molecule has 0 fully saturated rings. The molecule has 20 heavy (non-hydrogen) atoms. The molecule has 0 aliphatic rings. The second kappa shape index (κ2) is 8.54. The van der Waals surface area contributed by atoms with Gasteiger partial charge in [-0.2, -0.15) is 0 Å². The Morgan fingerprint density at radius 2 is 1.70 bits per heavy atom. The molecule has 0 unspecified atom stereocenters. The molecule has 1 aromatic rings. The van der Waals surface area contributed by atoms with Gasteiger partial charge in [-0.15, -0.1) is 0 Å². The zero-order valence-electron chi connectivity index (χ0n) is 12.9. The van der Waals surface area contributed by atoms with Gasteiger partial charge in [-0.25, -0.2) is 0 Å². The van der Waals surface area contributed by atoms with Crippen LogP contribution in [-0.4, -0.2) is 23.9 Å². The molecule has 1 rings (SSSR count). The summed E-state index contributed by atoms with van der Waals surface area (Å²) in [6, 6.07) is 8.05. The van der Waals surface area contributed by atoms with Crippen molar-refractivity contribution in [1.82, 2.24) is 4.90 Å². The largest absolute Gasteiger partial charge is 0.322 e. The second-order valence-corrected chi connectivity index (χ2v) is 5.21. The van der Waals surface area contributed by atoms with Crippen LogP contribution in [0.25, 0.3) is 0 Å². The summed E-state index contributed by atoms with van der Waals surface area (Å²) in [6.45, 7) is 13.0. The molecule has 1 N–H and O–H groups in total. The Labute approximate surface area is 122 Å². The fraction of sp³-hybridized carbons (Fsp3) is 0.471. The summed E-state index contributed by atoms with van der Waals surface area (Å²) in [4.78, 5) is 14.0. The molecule has 0 aliphatic carbocycles. The number of hydrogen-bond acceptors (Lipinski definition) is 2. The van der Waals surface area contributed by atoms with Gasteiger partial charge in [0.1, 0.15) is 0 Å². The van der Waals surface area contributed by atoms with Crippen molar-refractivity contribution >= 4 is 11.6 Å². The number of benzene rings is 1. The van der Waals surface area contributed by atoms with E-state index in [2.05, 4.69) is 42.8 Å². The van der Waals surface area contributed by atoms with E-state index in [4.69, 9.17) is 0 Å². The molecule has 0 radical (unpaired) electrons. The van der Waals surface area contributed by atoms with Crippen LogP contribution in [0.1, 0.15) is 39.2 Å². The minimum atomic E-state index is -0.128. The summed E-state index contributed by atoms with van der Waals surface area (Å²) in [5.74, 6) is -0.128. The quantitative estimate of drug-likeness (QED) is 0.731. The average Bonchev–Trinajstić information content (AvgIpc) is 2.41. The average molecular weight is 274 g/mol. The minimum absolute atomic E-state index is 0.128. The van der Waals surface area contributed by atoms with E-state index in [-0.39, 0.29) is 5.91 Å². The van der Waals surface area contributed by atoms with E-state index in [1.807, 2.05) is 12.1 Å². The van der Waals surface area contributed by atoms with Crippen molar-refractivity contribution in [2.45, 2.75) is 40.2 Å². The lowest BCUT2D eigenvalue weighted by Gasteiger charge is -2.21. The van der Waals surface area contributed by atoms with Gasteiger partial charge in [0.25, 0.3) is 5.91 Å². The maximum absolute atomic E-state index is 11.5. The SMILES string of the molecule is C=C(C)C(=O)Nc1ccc(CN(CCC)CCC)cc1. The van der Waals surface area contributed by atoms with Gasteiger partial charge >= 0.3 is 0 Å². The Balaban J connectivity index is 2.61. The fourth-order valence-corrected chi connectivity index (χ4v) is 2.09. The molecule has 1 amide bonds. The minimum Gasteiger partial charge on any atom is -0.322 e. The van der Waals surface area contributed by atoms with E-state index in [1.54, 1.807) is 6.92 Å². The van der Waals surface area contributed by atoms with Crippen LogP contribution < -0.4 is 5.32 Å². The molecule has 1 aromatic carbocycles. The molecule has 0 aliphatic heterocycles. The van der Waals surface area contributed by atoms with Crippen LogP contribution in [-0.2, 0) is 11.3 Å². The third-order valence-electron chi connectivity index (χ3n) is 3.09. The maximum Gasteiger partial charge on any atom is 0.250 e. The summed E-state index contributed by atoms with van der Waals surface area (Å²) >= 11 is 0. The molecule has 0 saturated heterocycles. The van der Waals surface area contributed by atoms with Gasteiger partial charge < -0.3 is 5.32 Å². The van der Waals surface area contributed by atoms with Crippen molar-refractivity contribution in [3.05, 3.63) is 42.0 Å². The first-order valence-electron chi connectivity index (χ1n) is 7.35. The van der Waals surface area contributed by atoms with Crippen LogP contribution in [0.15, 0.2) is 36.4 Å². The first-order chi connectivity index (χ1) is 9.56. The van der Waals surface area contributed by atoms with Crippen molar-refractivity contribution < 1.29 is 4.79 Å². The van der Waals surface area contributed by atoms with Crippen molar-refractivity contribution in [1.29, 1.82) is 0 Å². The molecule has 3 nitrogen and oxygen atoms in total. The second-order valence-electron chi connectivity index (χ2n) is 5.21. The van der Waals surface area contributed by atoms with Gasteiger partial charge in [-0.3, -0.25) is 9.69 Å². The molecule has 0 bridgehead atoms. The van der Waals surface area contributed by atoms with Crippen LogP contribution in [0.2, 0.25) is 0 Å². The Morgan fingerprint density at radius 1 is 1.15 bits per heavy atom. The van der Waals surface area contributed by atoms with Crippen LogP contribution >= 0.6 is 0 Å². The summed E-state index contributed by atoms with van der Waals surface area (Å²) < 4.78 is 0. The predicted molar refractivity (Wildman–Crippen MR) is 85.7 cm³/mol. The third-order valence-corrected chi connectivity index (χ3v) is 3.09. The van der Waals surface area contributed by atoms with Crippen LogP contribution in [0, 0.1) is 0 Å². The standard InChI is InChI=1S/C17H26N2O/c1-5-11-19(12-6-2)13-15-7-9-16(10-8-15)18-17(20)14(3)4/h7-10H,3,5-6,11-13H2,1-2,4H3,(H,18,20). The number of anilines is 1. The summed E-state index contributed by atoms with van der Waals surface area (Å²) in [5, 5.41) is 2.82. The summed E-state index contributed by atoms with van der Waals surface area (Å²) in [5.41, 5.74) is 2.62. The Bertz CT molecular complexity index is 431. The number of nitrogens with one attached hydrogen (secondary N) is 1. The van der Waals surface area contributed by atoms with Gasteiger partial charge in [0, 0.05) is 17.8 Å². The molecule has 0 saturated carbocycles. The van der Waals surface area contributed by atoms with Crippen molar-refractivity contribution in [2.24, 2.45) is 0 Å². The lowest BCUT2D eigenvalue weighted by molar-refractivity contribution is -0.112. The molecule has 0 aromatic heterocycles. The van der Waals surface area contributed by atoms with Gasteiger partial charge in [0.05, 0.1) is 0 Å². The van der Waals surface area contributed by atoms with E-state index in [9.17, 15) is 4.79 Å². The summed E-state index contributed by atoms with van der Waals surface area (Å²) in [7, 11) is 0. The number of rotatable bonds is 8. The highest BCUT2D eigenvalue weighted by molar-refractivity contribution is 6.02. The Hall–Kier alpha value is -1.61. The predicted octanol–water partition coefficient (Wildman–Crippen LogP) is 3.82. The third kappa shape index (κ3) is 5.57. The fourth-order valence-electron chi connectivity index (χ4n) is 2.09. The first kappa shape index (κ1) is 16.4. The van der Waals surface area contributed by atoms with Crippen LogP contribution in [0.3, 0.4) is 0 Å². The maximum atomic E-state index is 11.5. The molecule has 0 heterocycles. The Kier molecular flexibility index (Phi) is 7.02. The van der Waals surface area contributed by atoms with E-state index < -0.39 is 0 Å². The lowest BCUT2D eigenvalue weighted by Crippen LogP contribution is -2.24. The summed E-state index contributed by atoms with van der Waals surface area (Å²) in [6.07, 6.45) is 2.35. The molecule has 3 heteroatoms. The molecule has 110 valence electrons. The highest BCUT2D eigenvalue weighted by atomic mass is 16.1. The van der Waals surface area contributed by atoms with Crippen molar-refractivity contribution in [2.75, 3.05) is 18.4 Å². The topological polar surface area (TPSA) is 32.3 Å². The van der Waals surface area contributed by atoms with Gasteiger partial charge in [-0.05, 0) is 50.6 Å². The monoisotopic (exact) mass is 274 g/mol. The number of hydrogen-bond donors (Lipinski definition) is 1. The van der Waals surface area contributed by atoms with Crippen LogP contribution in [0.5, 0.6) is 0 Å². The zero-order valence-corrected chi connectivity index (χ0v) is 12.9. The van der Waals surface area contributed by atoms with E-state index in [0.717, 1.165) is 25.3 Å². The smallest absolute Gasteiger partial charge is 0.250 e. The van der Waals surface area contributed by atoms with Gasteiger partial charge in [0.2, 0.25) is 0 Å². The highest BCUT2D eigenvalue weighted by Crippen LogP contribution is 2.13. The van der Waals surface area contributed by atoms with Crippen LogP contribution in [0.4, 0.5) is 5.69 Å². The Morgan fingerprint density at radius 3 is 2.15 bits per heavy atom. The first-order valence-corrected chi connectivity index (χ1v) is 7.35. The van der Waals surface area contributed by atoms with E-state index in [1.165, 1.54) is 18.4 Å².